The van der Waals surface area contributed by atoms with Crippen LogP contribution in [0.4, 0.5) is 49.7 Å². The van der Waals surface area contributed by atoms with E-state index in [1.165, 1.54) is 13.8 Å². The van der Waals surface area contributed by atoms with Crippen molar-refractivity contribution in [1.29, 1.82) is 0 Å². The molecule has 68 heavy (non-hydrogen) atoms. The summed E-state index contributed by atoms with van der Waals surface area (Å²) in [5.74, 6) is -5.94. The van der Waals surface area contributed by atoms with Crippen LogP contribution in [-0.2, 0) is 66.1 Å². The number of anilines is 1. The Balaban J connectivity index is 1.46. The summed E-state index contributed by atoms with van der Waals surface area (Å²) in [5.41, 5.74) is -5.79. The molecule has 3 atom stereocenters. The Morgan fingerprint density at radius 3 is 2.15 bits per heavy atom. The van der Waals surface area contributed by atoms with Gasteiger partial charge in [-0.15, -0.1) is 0 Å². The molecule has 1 fully saturated rings. The standard InChI is InChI=1S/C40H34ClF10N7O7S3/c1-37(2,67(4,62)63)10-9-22-5-6-23(24-7-8-27(41)31-33(24)58(17-38(44,45)46)55-36(31)56-68(64,65)18-66(3,60)61)32(52-22)28(13-19-11-20(42)14-21(43)12-19)53-29(59)16-57-35-30(34(54-57)40(49,50)51)25-15-26(25)39(35,47)48/h5-8,11-12,14,25-26,28H,13,15-18H2,1-4H3,(H,53,59)(H,55,56)/t25-,26+,28-/m0/s1. The van der Waals surface area contributed by atoms with E-state index in [1.54, 1.807) is 0 Å². The lowest BCUT2D eigenvalue weighted by Crippen LogP contribution is -2.35. The number of carbonyl (C=O) groups excluding carboxylic acids is 1. The highest BCUT2D eigenvalue weighted by Gasteiger charge is 2.68. The molecular formula is C40H34ClF10N7O7S3. The van der Waals surface area contributed by atoms with Gasteiger partial charge in [-0.25, -0.2) is 39.0 Å². The van der Waals surface area contributed by atoms with E-state index in [0.717, 1.165) is 42.7 Å². The molecule has 0 saturated heterocycles. The number of alkyl halides is 8. The topological polar surface area (TPSA) is 192 Å². The molecule has 28 heteroatoms. The molecule has 366 valence electrons. The fraction of sp³-hybridized carbons (Fsp3) is 0.400. The van der Waals surface area contributed by atoms with Crippen LogP contribution in [0.1, 0.15) is 66.1 Å². The third-order valence-electron chi connectivity index (χ3n) is 10.9. The van der Waals surface area contributed by atoms with Gasteiger partial charge in [0.25, 0.3) is 5.92 Å². The van der Waals surface area contributed by atoms with Crippen LogP contribution in [-0.4, -0.2) is 84.2 Å². The number of pyridine rings is 1. The zero-order valence-corrected chi connectivity index (χ0v) is 38.5. The van der Waals surface area contributed by atoms with Crippen molar-refractivity contribution in [3.05, 3.63) is 93.0 Å². The fourth-order valence-electron chi connectivity index (χ4n) is 7.81. The minimum atomic E-state index is -5.22. The summed E-state index contributed by atoms with van der Waals surface area (Å²) < 4.78 is 221. The highest BCUT2D eigenvalue weighted by Crippen LogP contribution is 2.68. The van der Waals surface area contributed by atoms with Crippen LogP contribution in [0, 0.1) is 29.4 Å². The summed E-state index contributed by atoms with van der Waals surface area (Å²) >= 11 is 6.47. The molecule has 0 unspecified atom stereocenters. The Labute approximate surface area is 385 Å². The number of nitrogens with zero attached hydrogens (tertiary/aromatic N) is 5. The first-order chi connectivity index (χ1) is 31.0. The van der Waals surface area contributed by atoms with E-state index >= 15 is 8.78 Å². The molecule has 0 radical (unpaired) electrons. The van der Waals surface area contributed by atoms with Gasteiger partial charge in [0.15, 0.2) is 36.3 Å². The van der Waals surface area contributed by atoms with Crippen molar-refractivity contribution in [2.75, 3.05) is 22.3 Å². The van der Waals surface area contributed by atoms with Gasteiger partial charge in [-0.1, -0.05) is 23.6 Å². The van der Waals surface area contributed by atoms with E-state index in [0.29, 0.717) is 12.3 Å². The second kappa shape index (κ2) is 16.9. The summed E-state index contributed by atoms with van der Waals surface area (Å²) in [6.45, 7) is -0.771. The number of sulfonamides is 1. The first kappa shape index (κ1) is 50.4. The monoisotopic (exact) mass is 1050 g/mol. The van der Waals surface area contributed by atoms with Gasteiger partial charge in [-0.05, 0) is 74.4 Å². The van der Waals surface area contributed by atoms with Crippen LogP contribution in [0.25, 0.3) is 22.0 Å². The van der Waals surface area contributed by atoms with Crippen LogP contribution in [0.3, 0.4) is 0 Å². The molecule has 2 aliphatic carbocycles. The third kappa shape index (κ3) is 10.4. The Morgan fingerprint density at radius 1 is 0.926 bits per heavy atom. The molecule has 2 aliphatic rings. The zero-order chi connectivity index (χ0) is 50.5. The molecule has 1 saturated carbocycles. The molecule has 2 N–H and O–H groups in total. The van der Waals surface area contributed by atoms with E-state index < -0.39 is 157 Å². The van der Waals surface area contributed by atoms with Crippen molar-refractivity contribution in [3.63, 3.8) is 0 Å². The molecule has 5 aromatic rings. The summed E-state index contributed by atoms with van der Waals surface area (Å²) in [4.78, 5) is 18.5. The number of aromatic nitrogens is 5. The maximum absolute atomic E-state index is 15.5. The summed E-state index contributed by atoms with van der Waals surface area (Å²) in [7, 11) is -13.1. The lowest BCUT2D eigenvalue weighted by atomic mass is 9.93. The third-order valence-corrected chi connectivity index (χ3v) is 16.7. The molecule has 0 spiro atoms. The molecule has 0 aliphatic heterocycles. The van der Waals surface area contributed by atoms with Crippen LogP contribution in [0.2, 0.25) is 5.02 Å². The average molecular weight is 1050 g/mol. The SMILES string of the molecule is CC(C)(C#Cc1ccc(-c2ccc(Cl)c3c(NS(=O)(=O)CS(C)(=O)=O)nn(CC(F)(F)F)c23)c([C@H](Cc2cc(F)cc(F)c2)NC(=O)Cn2nc(C(F)(F)F)c3c2C(F)(F)[C@@H]2C[C@H]32)n1)S(C)(=O)=O. The minimum Gasteiger partial charge on any atom is -0.346 e. The number of amides is 1. The maximum atomic E-state index is 15.5. The zero-order valence-electron chi connectivity index (χ0n) is 35.3. The number of carbonyl (C=O) groups is 1. The Hall–Kier alpha value is -5.46. The lowest BCUT2D eigenvalue weighted by Gasteiger charge is -2.23. The van der Waals surface area contributed by atoms with Gasteiger partial charge in [0.05, 0.1) is 27.7 Å². The number of halogens is 11. The molecule has 1 amide bonds. The summed E-state index contributed by atoms with van der Waals surface area (Å²) in [6, 6.07) is 4.77. The van der Waals surface area contributed by atoms with E-state index in [2.05, 4.69) is 32.3 Å². The Bertz CT molecular complexity index is 3310. The second-order valence-electron chi connectivity index (χ2n) is 16.8. The molecule has 3 heterocycles. The van der Waals surface area contributed by atoms with Crippen LogP contribution in [0.5, 0.6) is 0 Å². The summed E-state index contributed by atoms with van der Waals surface area (Å²) in [5, 5.41) is 7.03. The van der Waals surface area contributed by atoms with E-state index in [1.807, 2.05) is 4.72 Å². The van der Waals surface area contributed by atoms with Gasteiger partial charge in [-0.2, -0.15) is 45.3 Å². The second-order valence-corrected chi connectivity index (χ2v) is 24.0. The lowest BCUT2D eigenvalue weighted by molar-refractivity contribution is -0.142. The van der Waals surface area contributed by atoms with Crippen LogP contribution in [0.15, 0.2) is 42.5 Å². The van der Waals surface area contributed by atoms with Gasteiger partial charge in [0.1, 0.15) is 40.9 Å². The molecule has 14 nitrogen and oxygen atoms in total. The number of rotatable bonds is 13. The van der Waals surface area contributed by atoms with E-state index in [4.69, 9.17) is 11.6 Å². The molecular weight excluding hydrogens is 1010 g/mol. The number of nitrogens with one attached hydrogen (secondary N) is 2. The van der Waals surface area contributed by atoms with Gasteiger partial charge >= 0.3 is 12.4 Å². The van der Waals surface area contributed by atoms with Crippen LogP contribution < -0.4 is 10.0 Å². The fourth-order valence-corrected chi connectivity index (χ4v) is 11.2. The van der Waals surface area contributed by atoms with Crippen molar-refractivity contribution in [2.24, 2.45) is 5.92 Å². The number of benzene rings is 2. The smallest absolute Gasteiger partial charge is 0.346 e. The van der Waals surface area contributed by atoms with Crippen LogP contribution >= 0.6 is 11.6 Å². The van der Waals surface area contributed by atoms with Crippen molar-refractivity contribution >= 4 is 63.9 Å². The number of sulfone groups is 2. The summed E-state index contributed by atoms with van der Waals surface area (Å²) in [6.07, 6.45) is -9.84. The highest BCUT2D eigenvalue weighted by atomic mass is 35.5. The molecule has 2 aromatic carbocycles. The first-order valence-electron chi connectivity index (χ1n) is 19.5. The van der Waals surface area contributed by atoms with Crippen molar-refractivity contribution in [1.82, 2.24) is 29.9 Å². The number of hydrogen-bond acceptors (Lipinski definition) is 10. The Morgan fingerprint density at radius 2 is 1.56 bits per heavy atom. The molecule has 3 aromatic heterocycles. The van der Waals surface area contributed by atoms with Gasteiger partial charge < -0.3 is 5.32 Å². The predicted molar refractivity (Wildman–Crippen MR) is 225 cm³/mol. The number of fused-ring (bicyclic) bond motifs is 4. The van der Waals surface area contributed by atoms with E-state index in [9.17, 15) is 65.2 Å². The van der Waals surface area contributed by atoms with Crippen molar-refractivity contribution in [2.45, 2.75) is 74.8 Å². The first-order valence-corrected chi connectivity index (χ1v) is 25.5. The minimum absolute atomic E-state index is 0.187. The normalized spacial score (nSPS) is 17.6. The highest BCUT2D eigenvalue weighted by molar-refractivity contribution is 8.08. The van der Waals surface area contributed by atoms with Gasteiger partial charge in [0.2, 0.25) is 15.9 Å². The molecule has 7 rings (SSSR count). The quantitative estimate of drug-likeness (QED) is 0.0914. The van der Waals surface area contributed by atoms with Gasteiger partial charge in [-0.3, -0.25) is 18.9 Å². The molecule has 0 bridgehead atoms. The van der Waals surface area contributed by atoms with Crippen molar-refractivity contribution < 1.29 is 74.0 Å². The largest absolute Gasteiger partial charge is 0.435 e. The Kier molecular flexibility index (Phi) is 12.5. The van der Waals surface area contributed by atoms with Crippen molar-refractivity contribution in [3.8, 4) is 23.0 Å². The van der Waals surface area contributed by atoms with E-state index in [-0.39, 0.29) is 38.2 Å². The van der Waals surface area contributed by atoms with Gasteiger partial charge in [0, 0.05) is 41.2 Å². The average Bonchev–Trinajstić information content (AvgIpc) is 3.68. The predicted octanol–water partition coefficient (Wildman–Crippen LogP) is 7.04. The number of hydrogen-bond donors (Lipinski definition) is 2. The maximum Gasteiger partial charge on any atom is 0.435 e.